The molecule has 1 aromatic carbocycles. The average Bonchev–Trinajstić information content (AvgIpc) is 3.49. The average molecular weight is 461 g/mol. The van der Waals surface area contributed by atoms with Gasteiger partial charge in [-0.2, -0.15) is 0 Å². The van der Waals surface area contributed by atoms with Crippen LogP contribution in [0, 0.1) is 6.92 Å². The Hall–Kier alpha value is -1.87. The van der Waals surface area contributed by atoms with E-state index in [1.54, 1.807) is 6.92 Å². The van der Waals surface area contributed by atoms with Crippen LogP contribution < -0.4 is 11.2 Å². The van der Waals surface area contributed by atoms with Crippen molar-refractivity contribution in [3.8, 4) is 0 Å². The smallest absolute Gasteiger partial charge is 0.330 e. The van der Waals surface area contributed by atoms with E-state index in [1.165, 1.54) is 10.8 Å². The zero-order valence-corrected chi connectivity index (χ0v) is 19.0. The molecule has 2 aromatic rings. The molecule has 0 saturated carbocycles. The highest BCUT2D eigenvalue weighted by atomic mass is 31.2. The molecular formula is C22H28N3O6P. The second-order valence-corrected chi connectivity index (χ2v) is 10.2. The number of benzene rings is 1. The molecule has 3 fully saturated rings. The fraction of sp³-hybridized carbons (Fsp3) is 0.545. The van der Waals surface area contributed by atoms with Crippen LogP contribution in [0.1, 0.15) is 43.5 Å². The number of aliphatic hydroxyl groups excluding tert-OH is 1. The first kappa shape index (κ1) is 21.9. The minimum absolute atomic E-state index is 0.228. The Kier molecular flexibility index (Phi) is 5.82. The van der Waals surface area contributed by atoms with Crippen LogP contribution in [0.3, 0.4) is 0 Å². The number of aromatic nitrogens is 2. The number of aryl methyl sites for hydroxylation is 1. The van der Waals surface area contributed by atoms with Gasteiger partial charge in [0.25, 0.3) is 14.1 Å². The van der Waals surface area contributed by atoms with E-state index in [2.05, 4.69) is 28.7 Å². The quantitative estimate of drug-likeness (QED) is 0.658. The van der Waals surface area contributed by atoms with E-state index < -0.39 is 43.8 Å². The molecule has 9 nitrogen and oxygen atoms in total. The molecule has 2 N–H and O–H groups in total. The minimum atomic E-state index is -1.35. The number of ether oxygens (including phenoxy) is 1. The normalized spacial score (nSPS) is 34.8. The Morgan fingerprint density at radius 1 is 1.31 bits per heavy atom. The summed E-state index contributed by atoms with van der Waals surface area (Å²) < 4.78 is 22.6. The van der Waals surface area contributed by atoms with Crippen LogP contribution in [0.5, 0.6) is 0 Å². The lowest BCUT2D eigenvalue weighted by Crippen LogP contribution is -2.36. The summed E-state index contributed by atoms with van der Waals surface area (Å²) in [5, 5.41) is 9.91. The number of fused-ring (bicyclic) bond motifs is 1. The molecule has 6 atom stereocenters. The van der Waals surface area contributed by atoms with Gasteiger partial charge < -0.3 is 18.9 Å². The number of hydrogen-bond acceptors (Lipinski definition) is 7. The van der Waals surface area contributed by atoms with Crippen molar-refractivity contribution < 1.29 is 18.9 Å². The number of nitrogens with one attached hydrogen (secondary N) is 1. The van der Waals surface area contributed by atoms with Crippen molar-refractivity contribution in [3.05, 3.63) is 68.5 Å². The van der Waals surface area contributed by atoms with Crippen molar-refractivity contribution in [1.82, 2.24) is 14.2 Å². The second-order valence-electron chi connectivity index (χ2n) is 8.79. The van der Waals surface area contributed by atoms with Crippen LogP contribution >= 0.6 is 8.53 Å². The molecular weight excluding hydrogens is 433 g/mol. The van der Waals surface area contributed by atoms with Gasteiger partial charge >= 0.3 is 5.69 Å². The van der Waals surface area contributed by atoms with E-state index in [0.717, 1.165) is 24.9 Å². The van der Waals surface area contributed by atoms with E-state index in [4.69, 9.17) is 13.8 Å². The Balaban J connectivity index is 1.37. The van der Waals surface area contributed by atoms with E-state index in [1.807, 2.05) is 18.2 Å². The molecule has 5 rings (SSSR count). The maximum atomic E-state index is 12.3. The molecule has 0 radical (unpaired) electrons. The molecule has 4 heterocycles. The van der Waals surface area contributed by atoms with Crippen molar-refractivity contribution in [2.45, 2.75) is 63.2 Å². The highest BCUT2D eigenvalue weighted by molar-refractivity contribution is 7.45. The lowest BCUT2D eigenvalue weighted by Gasteiger charge is -2.29. The third-order valence-corrected chi connectivity index (χ3v) is 8.61. The monoisotopic (exact) mass is 461 g/mol. The Labute approximate surface area is 186 Å². The zero-order valence-electron chi connectivity index (χ0n) is 18.1. The van der Waals surface area contributed by atoms with Crippen LogP contribution in [-0.2, 0) is 19.4 Å². The SMILES string of the molecule is Cc1cn([C@H]2CC(O[P@@]3O[C@](C)(c4ccccc4)[C@@H]4CCCN43)[C@@H](CO)O2)c(=O)[nH]c1=O. The fourth-order valence-corrected chi connectivity index (χ4v) is 7.08. The summed E-state index contributed by atoms with van der Waals surface area (Å²) in [4.78, 5) is 26.3. The topological polar surface area (TPSA) is 106 Å². The Morgan fingerprint density at radius 3 is 2.84 bits per heavy atom. The van der Waals surface area contributed by atoms with Crippen LogP contribution in [-0.4, -0.2) is 50.7 Å². The lowest BCUT2D eigenvalue weighted by molar-refractivity contribution is -0.0436. The van der Waals surface area contributed by atoms with Crippen LogP contribution in [0.15, 0.2) is 46.1 Å². The van der Waals surface area contributed by atoms with Crippen LogP contribution in [0.2, 0.25) is 0 Å². The summed E-state index contributed by atoms with van der Waals surface area (Å²) in [6.45, 7) is 4.42. The molecule has 0 bridgehead atoms. The predicted octanol–water partition coefficient (Wildman–Crippen LogP) is 2.15. The predicted molar refractivity (Wildman–Crippen MR) is 118 cm³/mol. The van der Waals surface area contributed by atoms with Crippen molar-refractivity contribution in [1.29, 1.82) is 0 Å². The van der Waals surface area contributed by atoms with Crippen LogP contribution in [0.4, 0.5) is 0 Å². The third-order valence-electron chi connectivity index (χ3n) is 6.73. The summed E-state index contributed by atoms with van der Waals surface area (Å²) in [7, 11) is -1.35. The first-order valence-electron chi connectivity index (χ1n) is 11.0. The summed E-state index contributed by atoms with van der Waals surface area (Å²) in [6, 6.07) is 10.4. The lowest BCUT2D eigenvalue weighted by atomic mass is 9.87. The molecule has 32 heavy (non-hydrogen) atoms. The molecule has 0 amide bonds. The largest absolute Gasteiger partial charge is 0.394 e. The van der Waals surface area contributed by atoms with Crippen LogP contribution in [0.25, 0.3) is 0 Å². The molecule has 1 aromatic heterocycles. The van der Waals surface area contributed by atoms with Gasteiger partial charge in [0.2, 0.25) is 0 Å². The number of H-pyrrole nitrogens is 1. The van der Waals surface area contributed by atoms with Crippen molar-refractivity contribution >= 4 is 8.53 Å². The zero-order chi connectivity index (χ0) is 22.5. The van der Waals surface area contributed by atoms with E-state index in [0.29, 0.717) is 12.0 Å². The first-order chi connectivity index (χ1) is 15.4. The van der Waals surface area contributed by atoms with E-state index in [9.17, 15) is 14.7 Å². The van der Waals surface area contributed by atoms with Gasteiger partial charge in [0.15, 0.2) is 0 Å². The number of aromatic amines is 1. The minimum Gasteiger partial charge on any atom is -0.394 e. The maximum absolute atomic E-state index is 12.3. The van der Waals surface area contributed by atoms with Crippen molar-refractivity contribution in [2.24, 2.45) is 0 Å². The second kappa shape index (κ2) is 8.48. The van der Waals surface area contributed by atoms with Crippen molar-refractivity contribution in [3.63, 3.8) is 0 Å². The highest BCUT2D eigenvalue weighted by Crippen LogP contribution is 2.63. The summed E-state index contributed by atoms with van der Waals surface area (Å²) in [5.74, 6) is 0. The number of nitrogens with zero attached hydrogens (tertiary/aromatic N) is 2. The number of rotatable bonds is 5. The van der Waals surface area contributed by atoms with Gasteiger partial charge in [0.05, 0.1) is 18.8 Å². The van der Waals surface area contributed by atoms with Gasteiger partial charge in [-0.15, -0.1) is 0 Å². The Bertz CT molecular complexity index is 1090. The van der Waals surface area contributed by atoms with Gasteiger partial charge in [0, 0.05) is 24.7 Å². The molecule has 10 heteroatoms. The highest BCUT2D eigenvalue weighted by Gasteiger charge is 2.56. The van der Waals surface area contributed by atoms with Crippen molar-refractivity contribution in [2.75, 3.05) is 13.2 Å². The molecule has 3 aliphatic heterocycles. The number of aliphatic hydroxyl groups is 1. The van der Waals surface area contributed by atoms with Gasteiger partial charge in [-0.05, 0) is 32.3 Å². The van der Waals surface area contributed by atoms with Gasteiger partial charge in [-0.3, -0.25) is 14.3 Å². The summed E-state index contributed by atoms with van der Waals surface area (Å²) >= 11 is 0. The summed E-state index contributed by atoms with van der Waals surface area (Å²) in [5.41, 5.74) is 0.116. The van der Waals surface area contributed by atoms with Gasteiger partial charge in [-0.1, -0.05) is 30.3 Å². The number of hydrogen-bond donors (Lipinski definition) is 2. The molecule has 172 valence electrons. The molecule has 0 spiro atoms. The molecule has 1 unspecified atom stereocenters. The Morgan fingerprint density at radius 2 is 2.09 bits per heavy atom. The summed E-state index contributed by atoms with van der Waals surface area (Å²) in [6.07, 6.45) is 2.32. The molecule has 3 aliphatic rings. The van der Waals surface area contributed by atoms with E-state index in [-0.39, 0.29) is 12.6 Å². The standard InChI is InChI=1S/C22H28N3O6P/c1-14-12-24(21(28)23-20(14)27)19-11-16(17(13-26)29-19)30-32-25-10-6-9-18(25)22(2,31-32)15-7-4-3-5-8-15/h3-5,7-8,12,16-19,26H,6,9-11,13H2,1-2H3,(H,23,27,28)/t16?,17-,18+,19-,22-,32+/m1/s1. The van der Waals surface area contributed by atoms with Gasteiger partial charge in [0.1, 0.15) is 17.9 Å². The molecule has 0 aliphatic carbocycles. The van der Waals surface area contributed by atoms with Gasteiger partial charge in [-0.25, -0.2) is 9.46 Å². The fourth-order valence-electron chi connectivity index (χ4n) is 4.94. The first-order valence-corrected chi connectivity index (χ1v) is 12.1. The third kappa shape index (κ3) is 3.67. The van der Waals surface area contributed by atoms with E-state index >= 15 is 0 Å². The maximum Gasteiger partial charge on any atom is 0.330 e. The molecule has 3 saturated heterocycles.